The molecule has 0 aliphatic rings. The molecule has 5 heteroatoms. The third kappa shape index (κ3) is 3.53. The number of hydrazone groups is 1. The first kappa shape index (κ1) is 16.8. The van der Waals surface area contributed by atoms with Gasteiger partial charge in [0.15, 0.2) is 0 Å². The minimum atomic E-state index is -0.198. The Kier molecular flexibility index (Phi) is 4.58. The van der Waals surface area contributed by atoms with Gasteiger partial charge in [-0.25, -0.2) is 5.43 Å². The Bertz CT molecular complexity index is 1140. The normalized spacial score (nSPS) is 11.3. The summed E-state index contributed by atoms with van der Waals surface area (Å²) < 4.78 is 0. The summed E-state index contributed by atoms with van der Waals surface area (Å²) in [6, 6.07) is 22.1. The number of aryl methyl sites for hydroxylation is 1. The summed E-state index contributed by atoms with van der Waals surface area (Å²) in [6.45, 7) is 2.14. The smallest absolute Gasteiger partial charge is 0.259 e. The third-order valence-corrected chi connectivity index (χ3v) is 4.56. The average molecular weight is 356 g/mol. The quantitative estimate of drug-likeness (QED) is 0.371. The van der Waals surface area contributed by atoms with Gasteiger partial charge in [0.25, 0.3) is 5.91 Å². The van der Waals surface area contributed by atoms with Crippen LogP contribution >= 0.6 is 0 Å². The number of rotatable bonds is 5. The van der Waals surface area contributed by atoms with Crippen molar-refractivity contribution in [3.05, 3.63) is 78.0 Å². The van der Waals surface area contributed by atoms with E-state index in [-0.39, 0.29) is 12.5 Å². The maximum atomic E-state index is 12.1. The van der Waals surface area contributed by atoms with Crippen LogP contribution in [0.3, 0.4) is 0 Å². The van der Waals surface area contributed by atoms with E-state index in [9.17, 15) is 4.79 Å². The molecule has 0 spiro atoms. The van der Waals surface area contributed by atoms with Crippen molar-refractivity contribution in [3.8, 4) is 0 Å². The molecule has 3 N–H and O–H groups in total. The molecule has 0 saturated heterocycles. The molecular formula is C22H20N4O. The highest BCUT2D eigenvalue weighted by atomic mass is 16.2. The number of H-pyrrole nitrogens is 1. The molecule has 0 unspecified atom stereocenters. The standard InChI is InChI=1S/C22H20N4O/c1-15-19(18-10-4-5-11-21(18)25-15)13-24-26-22(27)14-23-20-12-6-8-16-7-2-3-9-17(16)20/h2-13,23,25H,14H2,1H3,(H,26,27)/b24-13-. The van der Waals surface area contributed by atoms with Crippen LogP contribution in [0.1, 0.15) is 11.3 Å². The molecule has 1 heterocycles. The first-order valence-electron chi connectivity index (χ1n) is 8.83. The summed E-state index contributed by atoms with van der Waals surface area (Å²) in [5.74, 6) is -0.198. The highest BCUT2D eigenvalue weighted by Crippen LogP contribution is 2.22. The summed E-state index contributed by atoms with van der Waals surface area (Å²) in [5.41, 5.74) is 6.57. The van der Waals surface area contributed by atoms with Gasteiger partial charge in [0.05, 0.1) is 12.8 Å². The Morgan fingerprint density at radius 1 is 1.00 bits per heavy atom. The van der Waals surface area contributed by atoms with E-state index in [1.54, 1.807) is 6.21 Å². The van der Waals surface area contributed by atoms with E-state index in [0.717, 1.165) is 38.6 Å². The SMILES string of the molecule is Cc1[nH]c2ccccc2c1/C=N\NC(=O)CNc1cccc2ccccc12. The van der Waals surface area contributed by atoms with E-state index in [1.165, 1.54) is 0 Å². The zero-order chi connectivity index (χ0) is 18.6. The number of fused-ring (bicyclic) bond motifs is 2. The van der Waals surface area contributed by atoms with Crippen LogP contribution in [0.15, 0.2) is 71.8 Å². The first-order chi connectivity index (χ1) is 13.2. The van der Waals surface area contributed by atoms with Crippen molar-refractivity contribution in [2.24, 2.45) is 5.10 Å². The number of benzene rings is 3. The van der Waals surface area contributed by atoms with Gasteiger partial charge >= 0.3 is 0 Å². The van der Waals surface area contributed by atoms with E-state index in [2.05, 4.69) is 33.0 Å². The van der Waals surface area contributed by atoms with E-state index in [4.69, 9.17) is 0 Å². The molecule has 0 aliphatic carbocycles. The molecule has 3 aromatic carbocycles. The highest BCUT2D eigenvalue weighted by molar-refractivity contribution is 6.01. The van der Waals surface area contributed by atoms with E-state index >= 15 is 0 Å². The maximum Gasteiger partial charge on any atom is 0.259 e. The fourth-order valence-corrected chi connectivity index (χ4v) is 3.23. The van der Waals surface area contributed by atoms with E-state index < -0.39 is 0 Å². The summed E-state index contributed by atoms with van der Waals surface area (Å²) in [5, 5.41) is 10.6. The molecule has 0 radical (unpaired) electrons. The van der Waals surface area contributed by atoms with Crippen molar-refractivity contribution in [1.82, 2.24) is 10.4 Å². The predicted molar refractivity (Wildman–Crippen MR) is 111 cm³/mol. The van der Waals surface area contributed by atoms with Crippen LogP contribution in [0, 0.1) is 6.92 Å². The second-order valence-corrected chi connectivity index (χ2v) is 6.38. The summed E-state index contributed by atoms with van der Waals surface area (Å²) in [6.07, 6.45) is 1.68. The molecule has 0 aliphatic heterocycles. The summed E-state index contributed by atoms with van der Waals surface area (Å²) in [4.78, 5) is 15.4. The molecule has 27 heavy (non-hydrogen) atoms. The Hall–Kier alpha value is -3.60. The molecule has 0 fully saturated rings. The van der Waals surface area contributed by atoms with Crippen LogP contribution in [0.4, 0.5) is 5.69 Å². The van der Waals surface area contributed by atoms with Crippen molar-refractivity contribution in [2.75, 3.05) is 11.9 Å². The third-order valence-electron chi connectivity index (χ3n) is 4.56. The van der Waals surface area contributed by atoms with Gasteiger partial charge in [-0.3, -0.25) is 4.79 Å². The van der Waals surface area contributed by atoms with Gasteiger partial charge < -0.3 is 10.3 Å². The average Bonchev–Trinajstić information content (AvgIpc) is 3.02. The van der Waals surface area contributed by atoms with E-state index in [0.29, 0.717) is 0 Å². The number of hydrogen-bond acceptors (Lipinski definition) is 3. The maximum absolute atomic E-state index is 12.1. The number of aromatic amines is 1. The van der Waals surface area contributed by atoms with Crippen molar-refractivity contribution in [2.45, 2.75) is 6.92 Å². The lowest BCUT2D eigenvalue weighted by Crippen LogP contribution is -2.25. The van der Waals surface area contributed by atoms with E-state index in [1.807, 2.05) is 61.5 Å². The van der Waals surface area contributed by atoms with Gasteiger partial charge in [0.2, 0.25) is 0 Å². The van der Waals surface area contributed by atoms with Crippen molar-refractivity contribution in [1.29, 1.82) is 0 Å². The monoisotopic (exact) mass is 356 g/mol. The molecule has 4 aromatic rings. The number of nitrogens with one attached hydrogen (secondary N) is 3. The largest absolute Gasteiger partial charge is 0.376 e. The minimum Gasteiger partial charge on any atom is -0.376 e. The number of hydrogen-bond donors (Lipinski definition) is 3. The molecule has 1 amide bonds. The van der Waals surface area contributed by atoms with Crippen LogP contribution < -0.4 is 10.7 Å². The van der Waals surface area contributed by atoms with Gasteiger partial charge in [0, 0.05) is 33.2 Å². The number of nitrogens with zero attached hydrogens (tertiary/aromatic N) is 1. The molecule has 0 atom stereocenters. The highest BCUT2D eigenvalue weighted by Gasteiger charge is 2.06. The number of amides is 1. The zero-order valence-corrected chi connectivity index (χ0v) is 15.0. The van der Waals surface area contributed by atoms with Crippen molar-refractivity contribution in [3.63, 3.8) is 0 Å². The molecule has 5 nitrogen and oxygen atoms in total. The summed E-state index contributed by atoms with van der Waals surface area (Å²) >= 11 is 0. The van der Waals surface area contributed by atoms with Crippen LogP contribution in [0.25, 0.3) is 21.7 Å². The molecule has 0 saturated carbocycles. The van der Waals surface area contributed by atoms with Crippen LogP contribution in [-0.2, 0) is 4.79 Å². The zero-order valence-electron chi connectivity index (χ0n) is 15.0. The number of para-hydroxylation sites is 1. The Labute approximate surface area is 157 Å². The van der Waals surface area contributed by atoms with Gasteiger partial charge in [-0.05, 0) is 24.4 Å². The van der Waals surface area contributed by atoms with Crippen molar-refractivity contribution >= 4 is 39.5 Å². The fourth-order valence-electron chi connectivity index (χ4n) is 3.23. The summed E-state index contributed by atoms with van der Waals surface area (Å²) in [7, 11) is 0. The van der Waals surface area contributed by atoms with Crippen molar-refractivity contribution < 1.29 is 4.79 Å². The number of aromatic nitrogens is 1. The van der Waals surface area contributed by atoms with Gasteiger partial charge in [-0.15, -0.1) is 0 Å². The lowest BCUT2D eigenvalue weighted by Gasteiger charge is -2.08. The fraction of sp³-hybridized carbons (Fsp3) is 0.0909. The molecule has 4 rings (SSSR count). The molecule has 134 valence electrons. The van der Waals surface area contributed by atoms with Gasteiger partial charge in [0.1, 0.15) is 0 Å². The van der Waals surface area contributed by atoms with Gasteiger partial charge in [-0.2, -0.15) is 5.10 Å². The van der Waals surface area contributed by atoms with Crippen LogP contribution in [0.2, 0.25) is 0 Å². The molecular weight excluding hydrogens is 336 g/mol. The Balaban J connectivity index is 1.41. The Morgan fingerprint density at radius 2 is 1.74 bits per heavy atom. The molecule has 0 bridgehead atoms. The number of carbonyl (C=O) groups excluding carboxylic acids is 1. The second-order valence-electron chi connectivity index (χ2n) is 6.38. The topological polar surface area (TPSA) is 69.3 Å². The lowest BCUT2D eigenvalue weighted by atomic mass is 10.1. The van der Waals surface area contributed by atoms with Crippen LogP contribution in [0.5, 0.6) is 0 Å². The number of anilines is 1. The molecule has 1 aromatic heterocycles. The predicted octanol–water partition coefficient (Wildman–Crippen LogP) is 4.19. The minimum absolute atomic E-state index is 0.151. The second kappa shape index (κ2) is 7.33. The van der Waals surface area contributed by atoms with Gasteiger partial charge in [-0.1, -0.05) is 54.6 Å². The number of carbonyl (C=O) groups is 1. The first-order valence-corrected chi connectivity index (χ1v) is 8.83. The Morgan fingerprint density at radius 3 is 2.63 bits per heavy atom. The lowest BCUT2D eigenvalue weighted by molar-refractivity contribution is -0.119. The van der Waals surface area contributed by atoms with Crippen LogP contribution in [-0.4, -0.2) is 23.7 Å².